The minimum absolute atomic E-state index is 0. The predicted molar refractivity (Wildman–Crippen MR) is 115 cm³/mol. The number of para-hydroxylation sites is 1. The monoisotopic (exact) mass is 428 g/mol. The molecule has 0 radical (unpaired) electrons. The van der Waals surface area contributed by atoms with Crippen LogP contribution in [0.25, 0.3) is 11.0 Å². The summed E-state index contributed by atoms with van der Waals surface area (Å²) in [6.45, 7) is 4.62. The molecule has 9 heteroatoms. The third-order valence-electron chi connectivity index (χ3n) is 5.70. The molecule has 0 saturated carbocycles. The first-order chi connectivity index (χ1) is 12.8. The van der Waals surface area contributed by atoms with E-state index in [9.17, 15) is 4.79 Å². The fourth-order valence-electron chi connectivity index (χ4n) is 4.31. The van der Waals surface area contributed by atoms with Crippen molar-refractivity contribution in [3.63, 3.8) is 0 Å². The summed E-state index contributed by atoms with van der Waals surface area (Å²) < 4.78 is 1.84. The van der Waals surface area contributed by atoms with Gasteiger partial charge in [0.05, 0.1) is 12.1 Å². The largest absolute Gasteiger partial charge is 0.354 e. The Balaban J connectivity index is 0.00000140. The van der Waals surface area contributed by atoms with Gasteiger partial charge in [0.1, 0.15) is 5.52 Å². The average molecular weight is 429 g/mol. The minimum atomic E-state index is 0. The number of hydrogen-bond acceptors (Lipinski definition) is 5. The number of carbonyl (C=O) groups is 1. The van der Waals surface area contributed by atoms with Crippen LogP contribution in [-0.2, 0) is 11.3 Å². The molecule has 0 unspecified atom stereocenters. The molecule has 2 saturated heterocycles. The summed E-state index contributed by atoms with van der Waals surface area (Å²) in [5, 5.41) is 18.5. The average Bonchev–Trinajstić information content (AvgIpc) is 3.07. The Labute approximate surface area is 178 Å². The van der Waals surface area contributed by atoms with Crippen LogP contribution in [-0.4, -0.2) is 53.1 Å². The Kier molecular flexibility index (Phi) is 8.95. The number of piperidine rings is 2. The van der Waals surface area contributed by atoms with Crippen LogP contribution in [0.4, 0.5) is 0 Å². The van der Waals surface area contributed by atoms with Gasteiger partial charge in [0.2, 0.25) is 5.91 Å². The first kappa shape index (κ1) is 22.9. The van der Waals surface area contributed by atoms with Crippen molar-refractivity contribution in [1.29, 1.82) is 0 Å². The zero-order chi connectivity index (χ0) is 17.8. The van der Waals surface area contributed by atoms with Crippen LogP contribution in [0.15, 0.2) is 24.3 Å². The number of hydrogen-bond donors (Lipinski definition) is 3. The van der Waals surface area contributed by atoms with Gasteiger partial charge in [-0.1, -0.05) is 17.3 Å². The number of fused-ring (bicyclic) bond motifs is 3. The second kappa shape index (κ2) is 11.0. The lowest BCUT2D eigenvalue weighted by molar-refractivity contribution is -0.121. The van der Waals surface area contributed by atoms with Crippen molar-refractivity contribution in [2.24, 2.45) is 11.8 Å². The summed E-state index contributed by atoms with van der Waals surface area (Å²) in [7, 11) is 0. The predicted octanol–water partition coefficient (Wildman–Crippen LogP) is 1.76. The number of carbonyl (C=O) groups excluding carboxylic acids is 1. The van der Waals surface area contributed by atoms with Crippen LogP contribution in [0, 0.1) is 11.8 Å². The molecule has 3 heterocycles. The molecule has 1 aromatic heterocycles. The van der Waals surface area contributed by atoms with Gasteiger partial charge in [0.25, 0.3) is 0 Å². The van der Waals surface area contributed by atoms with E-state index in [4.69, 9.17) is 0 Å². The normalized spacial score (nSPS) is 23.5. The molecule has 2 aliphatic heterocycles. The Morgan fingerprint density at radius 3 is 2.96 bits per heavy atom. The molecule has 1 aromatic carbocycles. The molecule has 4 rings (SSSR count). The molecule has 7 nitrogen and oxygen atoms in total. The van der Waals surface area contributed by atoms with E-state index in [0.29, 0.717) is 25.6 Å². The van der Waals surface area contributed by atoms with Crippen molar-refractivity contribution in [3.8, 4) is 0 Å². The SMILES string of the molecule is Cl.Cl.O=C(CCC[C@@H]1NC[C@@H]2CNC[C@H]1C2)NCCn1nnc2ccccc21. The van der Waals surface area contributed by atoms with E-state index in [0.717, 1.165) is 55.3 Å². The fraction of sp³-hybridized carbons (Fsp3) is 0.632. The highest BCUT2D eigenvalue weighted by molar-refractivity contribution is 5.85. The van der Waals surface area contributed by atoms with Crippen molar-refractivity contribution in [2.75, 3.05) is 26.2 Å². The number of benzene rings is 1. The number of nitrogens with zero attached hydrogens (tertiary/aromatic N) is 3. The molecule has 2 bridgehead atoms. The van der Waals surface area contributed by atoms with Gasteiger partial charge in [-0.25, -0.2) is 4.68 Å². The molecule has 28 heavy (non-hydrogen) atoms. The first-order valence-electron chi connectivity index (χ1n) is 9.78. The van der Waals surface area contributed by atoms with Gasteiger partial charge in [0.15, 0.2) is 0 Å². The van der Waals surface area contributed by atoms with Gasteiger partial charge in [-0.2, -0.15) is 0 Å². The van der Waals surface area contributed by atoms with E-state index in [-0.39, 0.29) is 30.7 Å². The first-order valence-corrected chi connectivity index (χ1v) is 9.78. The molecular weight excluding hydrogens is 399 g/mol. The van der Waals surface area contributed by atoms with Crippen LogP contribution >= 0.6 is 24.8 Å². The summed E-state index contributed by atoms with van der Waals surface area (Å²) in [4.78, 5) is 12.1. The molecule has 2 fully saturated rings. The highest BCUT2D eigenvalue weighted by Gasteiger charge is 2.32. The second-order valence-electron chi connectivity index (χ2n) is 7.58. The third kappa shape index (κ3) is 5.56. The van der Waals surface area contributed by atoms with Crippen LogP contribution < -0.4 is 16.0 Å². The second-order valence-corrected chi connectivity index (χ2v) is 7.58. The molecule has 2 aliphatic rings. The highest BCUT2D eigenvalue weighted by atomic mass is 35.5. The van der Waals surface area contributed by atoms with Crippen LogP contribution in [0.5, 0.6) is 0 Å². The minimum Gasteiger partial charge on any atom is -0.354 e. The zero-order valence-electron chi connectivity index (χ0n) is 16.0. The van der Waals surface area contributed by atoms with Gasteiger partial charge in [-0.15, -0.1) is 29.9 Å². The summed E-state index contributed by atoms with van der Waals surface area (Å²) >= 11 is 0. The van der Waals surface area contributed by atoms with E-state index in [1.807, 2.05) is 28.9 Å². The van der Waals surface area contributed by atoms with Crippen molar-refractivity contribution in [2.45, 2.75) is 38.3 Å². The highest BCUT2D eigenvalue weighted by Crippen LogP contribution is 2.26. The Hall–Kier alpha value is -1.41. The molecule has 156 valence electrons. The molecule has 3 N–H and O–H groups in total. The lowest BCUT2D eigenvalue weighted by atomic mass is 9.80. The summed E-state index contributed by atoms with van der Waals surface area (Å²) in [5.41, 5.74) is 1.89. The molecule has 0 spiro atoms. The van der Waals surface area contributed by atoms with E-state index >= 15 is 0 Å². The van der Waals surface area contributed by atoms with E-state index in [2.05, 4.69) is 26.3 Å². The molecule has 0 aliphatic carbocycles. The maximum Gasteiger partial charge on any atom is 0.220 e. The van der Waals surface area contributed by atoms with Gasteiger partial charge in [0, 0.05) is 19.0 Å². The van der Waals surface area contributed by atoms with Gasteiger partial charge >= 0.3 is 0 Å². The smallest absolute Gasteiger partial charge is 0.220 e. The molecule has 1 amide bonds. The van der Waals surface area contributed by atoms with Crippen LogP contribution in [0.3, 0.4) is 0 Å². The topological polar surface area (TPSA) is 83.9 Å². The number of rotatable bonds is 7. The summed E-state index contributed by atoms with van der Waals surface area (Å²) in [5.74, 6) is 1.65. The Morgan fingerprint density at radius 1 is 1.21 bits per heavy atom. The number of aromatic nitrogens is 3. The van der Waals surface area contributed by atoms with E-state index < -0.39 is 0 Å². The van der Waals surface area contributed by atoms with Gasteiger partial charge in [-0.05, 0) is 62.9 Å². The maximum absolute atomic E-state index is 12.1. The van der Waals surface area contributed by atoms with E-state index in [1.165, 1.54) is 6.42 Å². The molecule has 2 aromatic rings. The van der Waals surface area contributed by atoms with Crippen LogP contribution in [0.1, 0.15) is 25.7 Å². The van der Waals surface area contributed by atoms with E-state index in [1.54, 1.807) is 0 Å². The van der Waals surface area contributed by atoms with Gasteiger partial charge < -0.3 is 16.0 Å². The lowest BCUT2D eigenvalue weighted by Crippen LogP contribution is -2.54. The van der Waals surface area contributed by atoms with Crippen molar-refractivity contribution >= 4 is 41.8 Å². The van der Waals surface area contributed by atoms with Crippen LogP contribution in [0.2, 0.25) is 0 Å². The number of halogens is 2. The van der Waals surface area contributed by atoms with Crippen molar-refractivity contribution in [3.05, 3.63) is 24.3 Å². The summed E-state index contributed by atoms with van der Waals surface area (Å²) in [6.07, 6.45) is 3.96. The van der Waals surface area contributed by atoms with Crippen molar-refractivity contribution < 1.29 is 4.79 Å². The third-order valence-corrected chi connectivity index (χ3v) is 5.70. The summed E-state index contributed by atoms with van der Waals surface area (Å²) in [6, 6.07) is 8.44. The molecular formula is C19H30Cl2N6O. The van der Waals surface area contributed by atoms with Gasteiger partial charge in [-0.3, -0.25) is 4.79 Å². The Morgan fingerprint density at radius 2 is 2.07 bits per heavy atom. The Bertz CT molecular complexity index is 755. The number of nitrogens with one attached hydrogen (secondary N) is 3. The quantitative estimate of drug-likeness (QED) is 0.625. The zero-order valence-corrected chi connectivity index (χ0v) is 17.6. The molecule has 3 atom stereocenters. The lowest BCUT2D eigenvalue weighted by Gasteiger charge is -2.41. The van der Waals surface area contributed by atoms with Crippen molar-refractivity contribution in [1.82, 2.24) is 30.9 Å². The maximum atomic E-state index is 12.1. The number of amides is 1. The standard InChI is InChI=1S/C19H28N6O.2ClH/c26-19(7-3-5-16-15-10-14(12-22-16)11-20-13-15)21-8-9-25-18-6-2-1-4-17(18)23-24-25;;/h1-2,4,6,14-16,20,22H,3,5,7-13H2,(H,21,26);2*1H/t14-,15+,16-;;/m0../s1. The fourth-order valence-corrected chi connectivity index (χ4v) is 4.31.